The fourth-order valence-electron chi connectivity index (χ4n) is 2.47. The molecule has 2 atom stereocenters. The summed E-state index contributed by atoms with van der Waals surface area (Å²) in [5.41, 5.74) is 0.962. The molecule has 0 amide bonds. The molecule has 0 saturated carbocycles. The highest BCUT2D eigenvalue weighted by molar-refractivity contribution is 5.56. The third-order valence-electron chi connectivity index (χ3n) is 3.53. The zero-order valence-corrected chi connectivity index (χ0v) is 13.0. The second kappa shape index (κ2) is 8.25. The SMILES string of the molecule is COc1cc(-c2nccn2[C@@H]2COC[C@@H]2OC)ccn1.O=CO. The molecule has 23 heavy (non-hydrogen) atoms. The maximum atomic E-state index is 8.36. The van der Waals surface area contributed by atoms with Crippen LogP contribution in [0.2, 0.25) is 0 Å². The third kappa shape index (κ3) is 3.85. The number of nitrogens with zero attached hydrogens (tertiary/aromatic N) is 3. The minimum atomic E-state index is -0.250. The van der Waals surface area contributed by atoms with Crippen LogP contribution in [-0.4, -0.2) is 59.7 Å². The van der Waals surface area contributed by atoms with Gasteiger partial charge in [-0.3, -0.25) is 4.79 Å². The summed E-state index contributed by atoms with van der Waals surface area (Å²) in [6, 6.07) is 3.92. The molecule has 124 valence electrons. The lowest BCUT2D eigenvalue weighted by Gasteiger charge is -2.19. The number of aromatic nitrogens is 3. The van der Waals surface area contributed by atoms with Crippen molar-refractivity contribution in [3.8, 4) is 17.3 Å². The molecule has 0 bridgehead atoms. The molecule has 1 fully saturated rings. The van der Waals surface area contributed by atoms with Gasteiger partial charge in [0.2, 0.25) is 5.88 Å². The minimum absolute atomic E-state index is 0.0479. The molecule has 8 heteroatoms. The summed E-state index contributed by atoms with van der Waals surface area (Å²) < 4.78 is 18.2. The second-order valence-electron chi connectivity index (χ2n) is 4.73. The quantitative estimate of drug-likeness (QED) is 0.846. The number of ether oxygens (including phenoxy) is 3. The van der Waals surface area contributed by atoms with E-state index in [9.17, 15) is 0 Å². The van der Waals surface area contributed by atoms with Crippen LogP contribution in [0.4, 0.5) is 0 Å². The molecular weight excluding hydrogens is 302 g/mol. The molecule has 1 aliphatic rings. The number of methoxy groups -OCH3 is 2. The van der Waals surface area contributed by atoms with Gasteiger partial charge in [-0.15, -0.1) is 0 Å². The van der Waals surface area contributed by atoms with Gasteiger partial charge in [0, 0.05) is 37.3 Å². The Morgan fingerprint density at radius 3 is 2.83 bits per heavy atom. The average Bonchev–Trinajstić information content (AvgIpc) is 3.23. The van der Waals surface area contributed by atoms with Crippen LogP contribution in [0.5, 0.6) is 5.88 Å². The number of hydrogen-bond donors (Lipinski definition) is 1. The number of pyridine rings is 1. The van der Waals surface area contributed by atoms with Crippen LogP contribution in [0, 0.1) is 0 Å². The van der Waals surface area contributed by atoms with Crippen LogP contribution in [0.15, 0.2) is 30.7 Å². The first-order valence-corrected chi connectivity index (χ1v) is 6.96. The van der Waals surface area contributed by atoms with Gasteiger partial charge in [0.1, 0.15) is 11.9 Å². The molecule has 0 radical (unpaired) electrons. The number of carboxylic acid groups (broad SMARTS) is 1. The summed E-state index contributed by atoms with van der Waals surface area (Å²) in [5.74, 6) is 1.44. The van der Waals surface area contributed by atoms with Gasteiger partial charge in [-0.2, -0.15) is 0 Å². The van der Waals surface area contributed by atoms with Crippen LogP contribution in [0.1, 0.15) is 6.04 Å². The Morgan fingerprint density at radius 2 is 2.13 bits per heavy atom. The van der Waals surface area contributed by atoms with E-state index in [0.29, 0.717) is 19.1 Å². The Balaban J connectivity index is 0.000000595. The Morgan fingerprint density at radius 1 is 1.35 bits per heavy atom. The van der Waals surface area contributed by atoms with Crippen LogP contribution < -0.4 is 4.74 Å². The maximum absolute atomic E-state index is 8.36. The Bertz CT molecular complexity index is 631. The van der Waals surface area contributed by atoms with Crippen molar-refractivity contribution in [3.05, 3.63) is 30.7 Å². The van der Waals surface area contributed by atoms with Crippen molar-refractivity contribution < 1.29 is 24.1 Å². The first-order chi connectivity index (χ1) is 11.2. The fourth-order valence-corrected chi connectivity index (χ4v) is 2.47. The number of imidazole rings is 1. The zero-order chi connectivity index (χ0) is 16.7. The van der Waals surface area contributed by atoms with Crippen LogP contribution in [0.25, 0.3) is 11.4 Å². The highest BCUT2D eigenvalue weighted by Crippen LogP contribution is 2.28. The number of hydrogen-bond acceptors (Lipinski definition) is 6. The van der Waals surface area contributed by atoms with Gasteiger partial charge in [-0.25, -0.2) is 9.97 Å². The average molecular weight is 321 g/mol. The molecule has 0 spiro atoms. The maximum Gasteiger partial charge on any atom is 0.290 e. The largest absolute Gasteiger partial charge is 0.483 e. The van der Waals surface area contributed by atoms with E-state index in [1.165, 1.54) is 0 Å². The van der Waals surface area contributed by atoms with Crippen molar-refractivity contribution in [1.29, 1.82) is 0 Å². The predicted octanol–water partition coefficient (Wildman–Crippen LogP) is 1.24. The zero-order valence-electron chi connectivity index (χ0n) is 13.0. The van der Waals surface area contributed by atoms with E-state index in [2.05, 4.69) is 14.5 Å². The van der Waals surface area contributed by atoms with Crippen molar-refractivity contribution >= 4 is 6.47 Å². The van der Waals surface area contributed by atoms with Crippen molar-refractivity contribution in [2.45, 2.75) is 12.1 Å². The second-order valence-corrected chi connectivity index (χ2v) is 4.73. The van der Waals surface area contributed by atoms with Crippen molar-refractivity contribution in [2.24, 2.45) is 0 Å². The van der Waals surface area contributed by atoms with Crippen LogP contribution in [0.3, 0.4) is 0 Å². The molecule has 8 nitrogen and oxygen atoms in total. The van der Waals surface area contributed by atoms with Gasteiger partial charge in [0.15, 0.2) is 0 Å². The third-order valence-corrected chi connectivity index (χ3v) is 3.53. The number of rotatable bonds is 4. The van der Waals surface area contributed by atoms with E-state index >= 15 is 0 Å². The van der Waals surface area contributed by atoms with E-state index in [0.717, 1.165) is 11.4 Å². The van der Waals surface area contributed by atoms with E-state index in [1.807, 2.05) is 18.3 Å². The van der Waals surface area contributed by atoms with Crippen LogP contribution in [-0.2, 0) is 14.3 Å². The molecule has 0 aliphatic carbocycles. The summed E-state index contributed by atoms with van der Waals surface area (Å²) >= 11 is 0. The molecule has 1 aliphatic heterocycles. The van der Waals surface area contributed by atoms with Gasteiger partial charge in [0.25, 0.3) is 6.47 Å². The van der Waals surface area contributed by atoms with Crippen molar-refractivity contribution in [1.82, 2.24) is 14.5 Å². The molecule has 2 aromatic rings. The standard InChI is InChI=1S/C14H17N3O3.CH2O2/c1-18-12-9-20-8-11(12)17-6-5-16-14(17)10-3-4-15-13(7-10)19-2;2-1-3/h3-7,11-12H,8-9H2,1-2H3;1H,(H,2,3)/t11-,12+;/m1./s1. The summed E-state index contributed by atoms with van der Waals surface area (Å²) in [6.07, 6.45) is 5.50. The molecule has 3 heterocycles. The highest BCUT2D eigenvalue weighted by Gasteiger charge is 2.31. The lowest BCUT2D eigenvalue weighted by Crippen LogP contribution is -2.24. The van der Waals surface area contributed by atoms with Crippen molar-refractivity contribution in [3.63, 3.8) is 0 Å². The first-order valence-electron chi connectivity index (χ1n) is 6.96. The molecule has 3 rings (SSSR count). The van der Waals surface area contributed by atoms with Crippen LogP contribution >= 0.6 is 0 Å². The van der Waals surface area contributed by atoms with Crippen molar-refractivity contribution in [2.75, 3.05) is 27.4 Å². The van der Waals surface area contributed by atoms with Gasteiger partial charge in [-0.05, 0) is 6.07 Å². The lowest BCUT2D eigenvalue weighted by molar-refractivity contribution is -0.122. The molecule has 0 unspecified atom stereocenters. The van der Waals surface area contributed by atoms with E-state index < -0.39 is 0 Å². The highest BCUT2D eigenvalue weighted by atomic mass is 16.5. The molecule has 1 N–H and O–H groups in total. The van der Waals surface area contributed by atoms with Gasteiger partial charge in [-0.1, -0.05) is 0 Å². The van der Waals surface area contributed by atoms with Gasteiger partial charge >= 0.3 is 0 Å². The van der Waals surface area contributed by atoms with E-state index in [-0.39, 0.29) is 18.6 Å². The number of carbonyl (C=O) groups is 1. The lowest BCUT2D eigenvalue weighted by atomic mass is 10.2. The Labute approximate surface area is 133 Å². The normalized spacial score (nSPS) is 19.7. The molecule has 1 saturated heterocycles. The summed E-state index contributed by atoms with van der Waals surface area (Å²) in [4.78, 5) is 16.9. The Hall–Kier alpha value is -2.45. The van der Waals surface area contributed by atoms with Gasteiger partial charge < -0.3 is 23.9 Å². The fraction of sp³-hybridized carbons (Fsp3) is 0.400. The minimum Gasteiger partial charge on any atom is -0.483 e. The molecular formula is C15H19N3O5. The van der Waals surface area contributed by atoms with Gasteiger partial charge in [0.05, 0.1) is 26.4 Å². The molecule has 0 aromatic carbocycles. The summed E-state index contributed by atoms with van der Waals surface area (Å²) in [7, 11) is 3.31. The monoisotopic (exact) mass is 321 g/mol. The smallest absolute Gasteiger partial charge is 0.290 e. The first kappa shape index (κ1) is 16.9. The summed E-state index contributed by atoms with van der Waals surface area (Å²) in [6.45, 7) is 0.989. The molecule has 2 aromatic heterocycles. The van der Waals surface area contributed by atoms with E-state index in [1.54, 1.807) is 26.6 Å². The Kier molecular flexibility index (Phi) is 6.07. The summed E-state index contributed by atoms with van der Waals surface area (Å²) in [5, 5.41) is 6.89. The predicted molar refractivity (Wildman–Crippen MR) is 81.4 cm³/mol. The topological polar surface area (TPSA) is 95.7 Å². The van der Waals surface area contributed by atoms with E-state index in [4.69, 9.17) is 24.1 Å².